The lowest BCUT2D eigenvalue weighted by Crippen LogP contribution is -2.05. The van der Waals surface area contributed by atoms with E-state index in [4.69, 9.17) is 9.47 Å². The van der Waals surface area contributed by atoms with Crippen LogP contribution in [0.1, 0.15) is 23.0 Å². The van der Waals surface area contributed by atoms with Gasteiger partial charge >= 0.3 is 5.97 Å². The van der Waals surface area contributed by atoms with Gasteiger partial charge in [0.2, 0.25) is 0 Å². The summed E-state index contributed by atoms with van der Waals surface area (Å²) in [5, 5.41) is 4.00. The standard InChI is InChI=1S/C13H14N2O3S/c1-3-8-18-13(16)12-11(14-15-19-12)9-4-6-10(17-2)7-5-9/h4-7H,3,8H2,1-2H3. The first kappa shape index (κ1) is 13.5. The van der Waals surface area contributed by atoms with Gasteiger partial charge in [-0.15, -0.1) is 5.10 Å². The molecular formula is C13H14N2O3S. The Labute approximate surface area is 115 Å². The fraction of sp³-hybridized carbons (Fsp3) is 0.308. The zero-order valence-electron chi connectivity index (χ0n) is 10.8. The number of nitrogens with zero attached hydrogens (tertiary/aromatic N) is 2. The lowest BCUT2D eigenvalue weighted by atomic mass is 10.1. The van der Waals surface area contributed by atoms with Crippen molar-refractivity contribution in [3.8, 4) is 17.0 Å². The summed E-state index contributed by atoms with van der Waals surface area (Å²) in [7, 11) is 1.60. The Morgan fingerprint density at radius 3 is 2.68 bits per heavy atom. The number of esters is 1. The summed E-state index contributed by atoms with van der Waals surface area (Å²) in [5.41, 5.74) is 1.37. The molecule has 0 fully saturated rings. The number of benzene rings is 1. The van der Waals surface area contributed by atoms with E-state index in [1.54, 1.807) is 7.11 Å². The van der Waals surface area contributed by atoms with Crippen molar-refractivity contribution in [1.29, 1.82) is 0 Å². The maximum atomic E-state index is 11.9. The van der Waals surface area contributed by atoms with E-state index in [-0.39, 0.29) is 5.97 Å². The van der Waals surface area contributed by atoms with Crippen molar-refractivity contribution in [2.75, 3.05) is 13.7 Å². The minimum Gasteiger partial charge on any atom is -0.497 e. The van der Waals surface area contributed by atoms with E-state index in [0.29, 0.717) is 17.2 Å². The summed E-state index contributed by atoms with van der Waals surface area (Å²) in [4.78, 5) is 12.3. The van der Waals surface area contributed by atoms with E-state index < -0.39 is 0 Å². The summed E-state index contributed by atoms with van der Waals surface area (Å²) in [6.45, 7) is 2.35. The second-order valence-electron chi connectivity index (χ2n) is 3.82. The average Bonchev–Trinajstić information content (AvgIpc) is 2.94. The monoisotopic (exact) mass is 278 g/mol. The van der Waals surface area contributed by atoms with Gasteiger partial charge in [0.25, 0.3) is 0 Å². The minimum absolute atomic E-state index is 0.373. The molecule has 2 aromatic rings. The lowest BCUT2D eigenvalue weighted by molar-refractivity contribution is 0.0511. The number of carbonyl (C=O) groups excluding carboxylic acids is 1. The first-order valence-corrected chi connectivity index (χ1v) is 6.67. The highest BCUT2D eigenvalue weighted by molar-refractivity contribution is 7.08. The Bertz CT molecular complexity index is 551. The Morgan fingerprint density at radius 1 is 1.32 bits per heavy atom. The van der Waals surface area contributed by atoms with E-state index in [1.165, 1.54) is 0 Å². The normalized spacial score (nSPS) is 10.2. The molecule has 0 amide bonds. The predicted octanol–water partition coefficient (Wildman–Crippen LogP) is 2.78. The van der Waals surface area contributed by atoms with E-state index in [0.717, 1.165) is 29.3 Å². The third-order valence-electron chi connectivity index (χ3n) is 2.47. The molecule has 0 bridgehead atoms. The quantitative estimate of drug-likeness (QED) is 0.787. The van der Waals surface area contributed by atoms with Crippen LogP contribution >= 0.6 is 11.5 Å². The molecular weight excluding hydrogens is 264 g/mol. The van der Waals surface area contributed by atoms with Crippen LogP contribution in [0.15, 0.2) is 24.3 Å². The van der Waals surface area contributed by atoms with Crippen molar-refractivity contribution in [3.05, 3.63) is 29.1 Å². The largest absolute Gasteiger partial charge is 0.497 e. The Kier molecular flexibility index (Phi) is 4.46. The van der Waals surface area contributed by atoms with Crippen LogP contribution in [-0.4, -0.2) is 29.3 Å². The summed E-state index contributed by atoms with van der Waals surface area (Å²) in [6.07, 6.45) is 0.788. The fourth-order valence-corrected chi connectivity index (χ4v) is 2.11. The van der Waals surface area contributed by atoms with Gasteiger partial charge in [-0.25, -0.2) is 4.79 Å². The number of rotatable bonds is 5. The first-order valence-electron chi connectivity index (χ1n) is 5.90. The SMILES string of the molecule is CCCOC(=O)c1snnc1-c1ccc(OC)cc1. The highest BCUT2D eigenvalue weighted by Crippen LogP contribution is 2.26. The molecule has 1 aromatic heterocycles. The van der Waals surface area contributed by atoms with Crippen molar-refractivity contribution in [1.82, 2.24) is 9.59 Å². The van der Waals surface area contributed by atoms with Gasteiger partial charge in [0, 0.05) is 5.56 Å². The van der Waals surface area contributed by atoms with Gasteiger partial charge in [-0.1, -0.05) is 11.4 Å². The van der Waals surface area contributed by atoms with Crippen LogP contribution in [0, 0.1) is 0 Å². The topological polar surface area (TPSA) is 61.3 Å². The van der Waals surface area contributed by atoms with E-state index in [9.17, 15) is 4.79 Å². The highest BCUT2D eigenvalue weighted by Gasteiger charge is 2.18. The van der Waals surface area contributed by atoms with Gasteiger partial charge in [-0.3, -0.25) is 0 Å². The maximum Gasteiger partial charge on any atom is 0.352 e. The molecule has 2 rings (SSSR count). The first-order chi connectivity index (χ1) is 9.26. The number of methoxy groups -OCH3 is 1. The zero-order valence-corrected chi connectivity index (χ0v) is 11.6. The Hall–Kier alpha value is -1.95. The molecule has 0 N–H and O–H groups in total. The Balaban J connectivity index is 2.25. The molecule has 0 radical (unpaired) electrons. The molecule has 0 atom stereocenters. The summed E-state index contributed by atoms with van der Waals surface area (Å²) < 4.78 is 14.0. The molecule has 0 unspecified atom stereocenters. The van der Waals surface area contributed by atoms with Crippen LogP contribution in [0.2, 0.25) is 0 Å². The summed E-state index contributed by atoms with van der Waals surface area (Å²) in [6, 6.07) is 7.31. The molecule has 0 aliphatic heterocycles. The van der Waals surface area contributed by atoms with Crippen molar-refractivity contribution < 1.29 is 14.3 Å². The number of hydrogen-bond donors (Lipinski definition) is 0. The second-order valence-corrected chi connectivity index (χ2v) is 4.57. The molecule has 1 aromatic carbocycles. The number of hydrogen-bond acceptors (Lipinski definition) is 6. The summed E-state index contributed by atoms with van der Waals surface area (Å²) in [5.74, 6) is 0.379. The smallest absolute Gasteiger partial charge is 0.352 e. The van der Waals surface area contributed by atoms with Gasteiger partial charge in [0.15, 0.2) is 4.88 Å². The van der Waals surface area contributed by atoms with Crippen molar-refractivity contribution >= 4 is 17.5 Å². The second kappa shape index (κ2) is 6.29. The molecule has 0 spiro atoms. The van der Waals surface area contributed by atoms with Crippen LogP contribution in [0.5, 0.6) is 5.75 Å². The maximum absolute atomic E-state index is 11.9. The molecule has 6 heteroatoms. The van der Waals surface area contributed by atoms with Gasteiger partial charge < -0.3 is 9.47 Å². The molecule has 19 heavy (non-hydrogen) atoms. The number of ether oxygens (including phenoxy) is 2. The molecule has 100 valence electrons. The lowest BCUT2D eigenvalue weighted by Gasteiger charge is -2.03. The third kappa shape index (κ3) is 3.08. The molecule has 0 saturated heterocycles. The number of aromatic nitrogens is 2. The molecule has 5 nitrogen and oxygen atoms in total. The van der Waals surface area contributed by atoms with Crippen LogP contribution in [0.4, 0.5) is 0 Å². The van der Waals surface area contributed by atoms with Crippen molar-refractivity contribution in [3.63, 3.8) is 0 Å². The van der Waals surface area contributed by atoms with Crippen molar-refractivity contribution in [2.24, 2.45) is 0 Å². The van der Waals surface area contributed by atoms with Gasteiger partial charge in [0.05, 0.1) is 13.7 Å². The van der Waals surface area contributed by atoms with Gasteiger partial charge in [0.1, 0.15) is 11.4 Å². The fourth-order valence-electron chi connectivity index (χ4n) is 1.52. The van der Waals surface area contributed by atoms with Gasteiger partial charge in [-0.05, 0) is 42.2 Å². The van der Waals surface area contributed by atoms with Crippen LogP contribution in [0.25, 0.3) is 11.3 Å². The Morgan fingerprint density at radius 2 is 2.05 bits per heavy atom. The zero-order chi connectivity index (χ0) is 13.7. The van der Waals surface area contributed by atoms with Crippen molar-refractivity contribution in [2.45, 2.75) is 13.3 Å². The highest BCUT2D eigenvalue weighted by atomic mass is 32.1. The predicted molar refractivity (Wildman–Crippen MR) is 72.5 cm³/mol. The van der Waals surface area contributed by atoms with E-state index >= 15 is 0 Å². The van der Waals surface area contributed by atoms with Crippen LogP contribution in [0.3, 0.4) is 0 Å². The van der Waals surface area contributed by atoms with Crippen LogP contribution in [-0.2, 0) is 4.74 Å². The van der Waals surface area contributed by atoms with E-state index in [2.05, 4.69) is 9.59 Å². The minimum atomic E-state index is -0.373. The molecule has 0 aliphatic rings. The molecule has 0 aliphatic carbocycles. The molecule has 1 heterocycles. The number of carbonyl (C=O) groups is 1. The van der Waals surface area contributed by atoms with Crippen LogP contribution < -0.4 is 4.74 Å². The molecule has 0 saturated carbocycles. The van der Waals surface area contributed by atoms with E-state index in [1.807, 2.05) is 31.2 Å². The average molecular weight is 278 g/mol. The third-order valence-corrected chi connectivity index (χ3v) is 3.18. The van der Waals surface area contributed by atoms with Gasteiger partial charge in [-0.2, -0.15) is 0 Å². The summed E-state index contributed by atoms with van der Waals surface area (Å²) >= 11 is 1.05.